The van der Waals surface area contributed by atoms with Crippen LogP contribution in [0, 0.1) is 0 Å². The van der Waals surface area contributed by atoms with Crippen molar-refractivity contribution in [3.63, 3.8) is 0 Å². The summed E-state index contributed by atoms with van der Waals surface area (Å²) in [5.74, 6) is -1.22. The molecule has 8 nitrogen and oxygen atoms in total. The fraction of sp³-hybridized carbons (Fsp3) is 0.267. The first-order chi connectivity index (χ1) is 18.4. The summed E-state index contributed by atoms with van der Waals surface area (Å²) in [6.07, 6.45) is 2.89. The van der Waals surface area contributed by atoms with E-state index in [4.69, 9.17) is 9.15 Å². The summed E-state index contributed by atoms with van der Waals surface area (Å²) in [7, 11) is 1.42. The molecule has 0 radical (unpaired) electrons. The number of carbonyl (C=O) groups excluding carboxylic acids is 1. The number of rotatable bonds is 6. The van der Waals surface area contributed by atoms with E-state index < -0.39 is 17.1 Å². The highest BCUT2D eigenvalue weighted by Crippen LogP contribution is 2.44. The van der Waals surface area contributed by atoms with Crippen LogP contribution in [0.25, 0.3) is 22.3 Å². The van der Waals surface area contributed by atoms with E-state index in [1.165, 1.54) is 19.2 Å². The van der Waals surface area contributed by atoms with Gasteiger partial charge in [0, 0.05) is 48.7 Å². The van der Waals surface area contributed by atoms with Crippen molar-refractivity contribution in [1.29, 1.82) is 0 Å². The van der Waals surface area contributed by atoms with Crippen LogP contribution >= 0.6 is 0 Å². The fourth-order valence-corrected chi connectivity index (χ4v) is 5.15. The molecule has 8 heteroatoms. The van der Waals surface area contributed by atoms with Crippen LogP contribution in [0.2, 0.25) is 0 Å². The van der Waals surface area contributed by atoms with Crippen molar-refractivity contribution in [1.82, 2.24) is 4.90 Å². The molecule has 1 amide bonds. The van der Waals surface area contributed by atoms with Crippen LogP contribution in [0.4, 0.5) is 0 Å². The highest BCUT2D eigenvalue weighted by atomic mass is 16.5. The van der Waals surface area contributed by atoms with E-state index in [9.17, 15) is 24.9 Å². The molecule has 3 aromatic carbocycles. The van der Waals surface area contributed by atoms with Crippen LogP contribution in [0.15, 0.2) is 69.9 Å². The maximum absolute atomic E-state index is 13.5. The number of hydrogen-bond donors (Lipinski definition) is 3. The topological polar surface area (TPSA) is 120 Å². The molecule has 1 atom stereocenters. The zero-order valence-corrected chi connectivity index (χ0v) is 21.0. The second-order valence-corrected chi connectivity index (χ2v) is 9.50. The van der Waals surface area contributed by atoms with Gasteiger partial charge in [0.1, 0.15) is 28.2 Å². The first-order valence-corrected chi connectivity index (χ1v) is 12.6. The Labute approximate surface area is 219 Å². The summed E-state index contributed by atoms with van der Waals surface area (Å²) in [6, 6.07) is 16.1. The number of piperidine rings is 1. The molecule has 2 heterocycles. The number of phenols is 3. The molecule has 0 bridgehead atoms. The highest BCUT2D eigenvalue weighted by molar-refractivity contribution is 5.91. The van der Waals surface area contributed by atoms with Crippen LogP contribution in [0.5, 0.6) is 23.0 Å². The largest absolute Gasteiger partial charge is 0.507 e. The smallest absolute Gasteiger partial charge is 0.223 e. The van der Waals surface area contributed by atoms with Crippen molar-refractivity contribution < 1.29 is 29.3 Å². The number of hydrogen-bond acceptors (Lipinski definition) is 7. The summed E-state index contributed by atoms with van der Waals surface area (Å²) in [4.78, 5) is 28.5. The van der Waals surface area contributed by atoms with E-state index in [0.29, 0.717) is 24.2 Å². The van der Waals surface area contributed by atoms with Gasteiger partial charge in [-0.3, -0.25) is 9.59 Å². The van der Waals surface area contributed by atoms with Crippen molar-refractivity contribution in [3.05, 3.63) is 82.0 Å². The third kappa shape index (κ3) is 4.77. The zero-order chi connectivity index (χ0) is 26.8. The minimum absolute atomic E-state index is 0.00246. The lowest BCUT2D eigenvalue weighted by Gasteiger charge is -2.29. The number of likely N-dealkylation sites (tertiary alicyclic amines) is 1. The molecule has 38 heavy (non-hydrogen) atoms. The fourth-order valence-electron chi connectivity index (χ4n) is 5.15. The lowest BCUT2D eigenvalue weighted by atomic mass is 9.85. The minimum atomic E-state index is -0.767. The van der Waals surface area contributed by atoms with Crippen molar-refractivity contribution in [2.45, 2.75) is 31.6 Å². The van der Waals surface area contributed by atoms with Gasteiger partial charge in [-0.1, -0.05) is 36.4 Å². The Hall–Kier alpha value is -4.46. The Balaban J connectivity index is 1.74. The summed E-state index contributed by atoms with van der Waals surface area (Å²) < 4.78 is 11.5. The van der Waals surface area contributed by atoms with Gasteiger partial charge in [0.25, 0.3) is 0 Å². The van der Waals surface area contributed by atoms with Crippen molar-refractivity contribution >= 4 is 16.9 Å². The molecule has 0 spiro atoms. The van der Waals surface area contributed by atoms with Gasteiger partial charge >= 0.3 is 0 Å². The number of methoxy groups -OCH3 is 1. The third-order valence-electron chi connectivity index (χ3n) is 7.10. The number of benzene rings is 3. The van der Waals surface area contributed by atoms with Crippen LogP contribution in [-0.2, 0) is 4.79 Å². The molecule has 1 aromatic heterocycles. The van der Waals surface area contributed by atoms with Crippen molar-refractivity contribution in [2.75, 3.05) is 20.2 Å². The zero-order valence-electron chi connectivity index (χ0n) is 21.0. The normalized spacial score (nSPS) is 14.4. The number of phenolic OH excluding ortho intramolecular Hbond substituents is 3. The van der Waals surface area contributed by atoms with E-state index in [0.717, 1.165) is 25.3 Å². The van der Waals surface area contributed by atoms with Gasteiger partial charge in [-0.05, 0) is 37.0 Å². The Kier molecular flexibility index (Phi) is 6.96. The van der Waals surface area contributed by atoms with Crippen molar-refractivity contribution in [3.8, 4) is 34.3 Å². The number of nitrogens with zero attached hydrogens (tertiary/aromatic N) is 1. The number of aromatic hydroxyl groups is 3. The molecule has 3 N–H and O–H groups in total. The van der Waals surface area contributed by atoms with E-state index >= 15 is 0 Å². The molecule has 1 fully saturated rings. The molecule has 1 unspecified atom stereocenters. The summed E-state index contributed by atoms with van der Waals surface area (Å²) in [5.41, 5.74) is 0.934. The molecular formula is C30H29NO7. The van der Waals surface area contributed by atoms with E-state index in [2.05, 4.69) is 0 Å². The first kappa shape index (κ1) is 25.2. The van der Waals surface area contributed by atoms with Gasteiger partial charge in [0.15, 0.2) is 16.9 Å². The predicted octanol–water partition coefficient (Wildman–Crippen LogP) is 5.12. The average molecular weight is 516 g/mol. The molecular weight excluding hydrogens is 486 g/mol. The molecule has 4 aromatic rings. The lowest BCUT2D eigenvalue weighted by molar-refractivity contribution is -0.132. The van der Waals surface area contributed by atoms with Gasteiger partial charge in [0.05, 0.1) is 7.11 Å². The molecule has 1 aliphatic rings. The standard InChI is InChI=1S/C30H29NO7/c1-37-26-14-19(10-11-21(26)32)20(15-27(36)31-12-6-3-7-13-31)28-22(33)16-23(34)29-24(35)17-25(38-30(28)29)18-8-4-2-5-9-18/h2,4-5,8-11,14,16-17,20,32-34H,3,6-7,12-13,15H2,1H3. The van der Waals surface area contributed by atoms with Gasteiger partial charge in [-0.15, -0.1) is 0 Å². The van der Waals surface area contributed by atoms with E-state index in [1.807, 2.05) is 18.2 Å². The second kappa shape index (κ2) is 10.5. The number of carbonyl (C=O) groups is 1. The summed E-state index contributed by atoms with van der Waals surface area (Å²) in [5, 5.41) is 31.9. The molecule has 0 aliphatic carbocycles. The maximum atomic E-state index is 13.5. The second-order valence-electron chi connectivity index (χ2n) is 9.50. The average Bonchev–Trinajstić information content (AvgIpc) is 2.93. The Morgan fingerprint density at radius 1 is 0.947 bits per heavy atom. The monoisotopic (exact) mass is 515 g/mol. The predicted molar refractivity (Wildman–Crippen MR) is 143 cm³/mol. The van der Waals surface area contributed by atoms with Gasteiger partial charge in [-0.25, -0.2) is 0 Å². The number of amides is 1. The molecule has 1 aliphatic heterocycles. The Morgan fingerprint density at radius 2 is 1.68 bits per heavy atom. The van der Waals surface area contributed by atoms with Gasteiger partial charge in [-0.2, -0.15) is 0 Å². The van der Waals surface area contributed by atoms with Crippen LogP contribution in [-0.4, -0.2) is 46.3 Å². The molecule has 0 saturated carbocycles. The quantitative estimate of drug-likeness (QED) is 0.326. The van der Waals surface area contributed by atoms with Crippen LogP contribution in [0.3, 0.4) is 0 Å². The van der Waals surface area contributed by atoms with Gasteiger partial charge < -0.3 is 29.4 Å². The third-order valence-corrected chi connectivity index (χ3v) is 7.10. The minimum Gasteiger partial charge on any atom is -0.507 e. The number of fused-ring (bicyclic) bond motifs is 1. The van der Waals surface area contributed by atoms with Crippen molar-refractivity contribution in [2.24, 2.45) is 0 Å². The molecule has 1 saturated heterocycles. The molecule has 196 valence electrons. The van der Waals surface area contributed by atoms with Crippen LogP contribution < -0.4 is 10.2 Å². The highest BCUT2D eigenvalue weighted by Gasteiger charge is 2.30. The summed E-state index contributed by atoms with van der Waals surface area (Å²) in [6.45, 7) is 1.31. The van der Waals surface area contributed by atoms with Crippen LogP contribution in [0.1, 0.15) is 42.7 Å². The summed E-state index contributed by atoms with van der Waals surface area (Å²) >= 11 is 0. The SMILES string of the molecule is COc1cc(C(CC(=O)N2CCCCC2)c2c(O)cc(O)c3c(=O)cc(-c4ccccc4)oc23)ccc1O. The lowest BCUT2D eigenvalue weighted by Crippen LogP contribution is -2.36. The maximum Gasteiger partial charge on any atom is 0.223 e. The number of ether oxygens (including phenoxy) is 1. The van der Waals surface area contributed by atoms with E-state index in [1.54, 1.807) is 29.2 Å². The first-order valence-electron chi connectivity index (χ1n) is 12.6. The van der Waals surface area contributed by atoms with E-state index in [-0.39, 0.29) is 51.9 Å². The Bertz CT molecular complexity index is 1540. The Morgan fingerprint density at radius 3 is 2.39 bits per heavy atom. The van der Waals surface area contributed by atoms with Gasteiger partial charge in [0.2, 0.25) is 5.91 Å². The molecule has 5 rings (SSSR count).